The van der Waals surface area contributed by atoms with Crippen LogP contribution in [0.25, 0.3) is 33.7 Å². The molecule has 0 atom stereocenters. The second-order valence-electron chi connectivity index (χ2n) is 7.04. The van der Waals surface area contributed by atoms with Crippen LogP contribution in [0.5, 0.6) is 0 Å². The summed E-state index contributed by atoms with van der Waals surface area (Å²) in [6.45, 7) is 1.73. The van der Waals surface area contributed by atoms with Crippen molar-refractivity contribution in [3.63, 3.8) is 0 Å². The van der Waals surface area contributed by atoms with E-state index in [1.165, 1.54) is 11.3 Å². The molecule has 9 heteroatoms. The van der Waals surface area contributed by atoms with Crippen molar-refractivity contribution in [2.75, 3.05) is 11.1 Å². The highest BCUT2D eigenvalue weighted by molar-refractivity contribution is 7.13. The molecule has 31 heavy (non-hydrogen) atoms. The number of benzene rings is 2. The number of nitrogen functional groups attached to an aromatic ring is 1. The van der Waals surface area contributed by atoms with Gasteiger partial charge in [-0.15, -0.1) is 11.3 Å². The number of fused-ring (bicyclic) bond motifs is 1. The first-order chi connectivity index (χ1) is 14.9. The number of aliphatic hydroxyl groups is 1. The van der Waals surface area contributed by atoms with Crippen LogP contribution in [0.1, 0.15) is 17.0 Å². The minimum atomic E-state index is -0.439. The molecule has 0 radical (unpaired) electrons. The fourth-order valence-electron chi connectivity index (χ4n) is 3.49. The van der Waals surface area contributed by atoms with E-state index in [-0.39, 0.29) is 17.1 Å². The lowest BCUT2D eigenvalue weighted by atomic mass is 9.97. The molecular weight excluding hydrogens is 436 g/mol. The number of aliphatic hydroxyl groups excluding tert-OH is 1. The standard InChI is InChI=1S/C22H15ClN4O3S/c1-10-6-18(30-27-10)20(28)19-14-7-13(15(23)8-16(14)25-21(19)29)11-2-4-12(5-3-11)17-9-31-22(24)26-17/h2-9,28H,1H3,(H2,24,26)(H,25,29)/b20-19+. The minimum Gasteiger partial charge on any atom is -0.504 e. The van der Waals surface area contributed by atoms with E-state index in [9.17, 15) is 9.90 Å². The summed E-state index contributed by atoms with van der Waals surface area (Å²) in [6, 6.07) is 12.7. The van der Waals surface area contributed by atoms with Gasteiger partial charge in [0.25, 0.3) is 5.91 Å². The Hall–Kier alpha value is -3.62. The van der Waals surface area contributed by atoms with Crippen molar-refractivity contribution in [3.8, 4) is 22.4 Å². The fraction of sp³-hybridized carbons (Fsp3) is 0.0455. The number of nitrogens with zero attached hydrogens (tertiary/aromatic N) is 2. The summed E-state index contributed by atoms with van der Waals surface area (Å²) in [4.78, 5) is 16.9. The predicted molar refractivity (Wildman–Crippen MR) is 122 cm³/mol. The number of rotatable bonds is 3. The molecule has 1 amide bonds. The Kier molecular flexibility index (Phi) is 4.53. The molecule has 0 unspecified atom stereocenters. The number of hydrogen-bond donors (Lipinski definition) is 3. The maximum absolute atomic E-state index is 12.6. The number of carbonyl (C=O) groups excluding carboxylic acids is 1. The van der Waals surface area contributed by atoms with Crippen LogP contribution in [-0.4, -0.2) is 21.2 Å². The van der Waals surface area contributed by atoms with Crippen molar-refractivity contribution in [3.05, 3.63) is 69.9 Å². The van der Waals surface area contributed by atoms with Gasteiger partial charge in [-0.1, -0.05) is 41.0 Å². The molecule has 3 heterocycles. The molecule has 2 aromatic carbocycles. The van der Waals surface area contributed by atoms with Crippen LogP contribution in [0.3, 0.4) is 0 Å². The number of carbonyl (C=O) groups is 1. The molecule has 154 valence electrons. The van der Waals surface area contributed by atoms with Crippen LogP contribution >= 0.6 is 22.9 Å². The number of hydrogen-bond acceptors (Lipinski definition) is 7. The summed E-state index contributed by atoms with van der Waals surface area (Å²) in [7, 11) is 0. The first kappa shape index (κ1) is 19.3. The summed E-state index contributed by atoms with van der Waals surface area (Å²) in [5.41, 5.74) is 10.8. The quantitative estimate of drug-likeness (QED) is 0.285. The van der Waals surface area contributed by atoms with Gasteiger partial charge in [-0.3, -0.25) is 4.79 Å². The summed E-state index contributed by atoms with van der Waals surface area (Å²) in [5.74, 6) is -0.591. The largest absolute Gasteiger partial charge is 0.504 e. The molecule has 0 fully saturated rings. The highest BCUT2D eigenvalue weighted by Gasteiger charge is 2.31. The van der Waals surface area contributed by atoms with Crippen molar-refractivity contribution in [1.29, 1.82) is 0 Å². The van der Waals surface area contributed by atoms with Crippen molar-refractivity contribution in [2.45, 2.75) is 6.92 Å². The Morgan fingerprint density at radius 1 is 1.16 bits per heavy atom. The first-order valence-electron chi connectivity index (χ1n) is 9.24. The van der Waals surface area contributed by atoms with Gasteiger partial charge >= 0.3 is 0 Å². The van der Waals surface area contributed by atoms with Gasteiger partial charge in [0.05, 0.1) is 27.7 Å². The summed E-state index contributed by atoms with van der Waals surface area (Å²) >= 11 is 7.90. The SMILES string of the molecule is Cc1cc(/C(O)=C2\C(=O)Nc3cc(Cl)c(-c4ccc(-c5csc(N)n5)cc4)cc32)on1. The normalized spacial score (nSPS) is 14.5. The number of halogens is 1. The maximum Gasteiger partial charge on any atom is 0.260 e. The molecule has 4 aromatic rings. The fourth-order valence-corrected chi connectivity index (χ4v) is 4.33. The number of aromatic nitrogens is 2. The van der Waals surface area contributed by atoms with Crippen LogP contribution in [-0.2, 0) is 4.79 Å². The highest BCUT2D eigenvalue weighted by Crippen LogP contribution is 2.42. The maximum atomic E-state index is 12.6. The third-order valence-electron chi connectivity index (χ3n) is 4.96. The molecule has 0 bridgehead atoms. The van der Waals surface area contributed by atoms with Crippen LogP contribution in [0, 0.1) is 6.92 Å². The first-order valence-corrected chi connectivity index (χ1v) is 10.5. The monoisotopic (exact) mass is 450 g/mol. The van der Waals surface area contributed by atoms with Crippen molar-refractivity contribution in [1.82, 2.24) is 10.1 Å². The zero-order chi connectivity index (χ0) is 21.7. The van der Waals surface area contributed by atoms with Crippen molar-refractivity contribution >= 4 is 51.0 Å². The Morgan fingerprint density at radius 3 is 2.55 bits per heavy atom. The summed E-state index contributed by atoms with van der Waals surface area (Å²) in [5, 5.41) is 20.1. The van der Waals surface area contributed by atoms with Gasteiger partial charge in [0.2, 0.25) is 5.76 Å². The van der Waals surface area contributed by atoms with E-state index in [4.69, 9.17) is 21.9 Å². The van der Waals surface area contributed by atoms with Gasteiger partial charge in [0, 0.05) is 28.1 Å². The van der Waals surface area contributed by atoms with Gasteiger partial charge in [0.15, 0.2) is 10.9 Å². The molecule has 5 rings (SSSR count). The number of aryl methyl sites for hydroxylation is 1. The van der Waals surface area contributed by atoms with Crippen LogP contribution in [0.15, 0.2) is 52.4 Å². The zero-order valence-electron chi connectivity index (χ0n) is 16.1. The van der Waals surface area contributed by atoms with Gasteiger partial charge in [-0.2, -0.15) is 0 Å². The third kappa shape index (κ3) is 3.35. The molecule has 1 aliphatic rings. The van der Waals surface area contributed by atoms with E-state index in [1.807, 2.05) is 29.6 Å². The van der Waals surface area contributed by atoms with Gasteiger partial charge in [-0.05, 0) is 24.6 Å². The molecule has 2 aromatic heterocycles. The third-order valence-corrected chi connectivity index (χ3v) is 5.95. The van der Waals surface area contributed by atoms with E-state index in [2.05, 4.69) is 15.5 Å². The van der Waals surface area contributed by atoms with E-state index < -0.39 is 5.91 Å². The summed E-state index contributed by atoms with van der Waals surface area (Å²) < 4.78 is 5.12. The van der Waals surface area contributed by atoms with Gasteiger partial charge < -0.3 is 20.7 Å². The number of thiazole rings is 1. The molecule has 1 aliphatic heterocycles. The second kappa shape index (κ2) is 7.26. The number of anilines is 2. The van der Waals surface area contributed by atoms with E-state index in [0.29, 0.717) is 27.1 Å². The van der Waals surface area contributed by atoms with Crippen LogP contribution in [0.2, 0.25) is 5.02 Å². The lowest BCUT2D eigenvalue weighted by molar-refractivity contribution is -0.110. The van der Waals surface area contributed by atoms with E-state index >= 15 is 0 Å². The average molecular weight is 451 g/mol. The van der Waals surface area contributed by atoms with Crippen molar-refractivity contribution in [2.24, 2.45) is 0 Å². The van der Waals surface area contributed by atoms with Crippen molar-refractivity contribution < 1.29 is 14.4 Å². The molecule has 0 spiro atoms. The number of amides is 1. The number of nitrogens with two attached hydrogens (primary N) is 1. The molecule has 0 aliphatic carbocycles. The molecule has 7 nitrogen and oxygen atoms in total. The average Bonchev–Trinajstić information content (AvgIpc) is 3.45. The Bertz CT molecular complexity index is 1370. The van der Waals surface area contributed by atoms with Gasteiger partial charge in [0.1, 0.15) is 0 Å². The lowest BCUT2D eigenvalue weighted by Crippen LogP contribution is -2.05. The number of nitrogens with one attached hydrogen (secondary N) is 1. The van der Waals surface area contributed by atoms with Crippen LogP contribution in [0.4, 0.5) is 10.8 Å². The molecule has 4 N–H and O–H groups in total. The molecule has 0 saturated carbocycles. The Morgan fingerprint density at radius 2 is 1.90 bits per heavy atom. The Labute approximate surface area is 185 Å². The second-order valence-corrected chi connectivity index (χ2v) is 8.33. The van der Waals surface area contributed by atoms with E-state index in [1.54, 1.807) is 25.1 Å². The minimum absolute atomic E-state index is 0.110. The van der Waals surface area contributed by atoms with E-state index in [0.717, 1.165) is 22.4 Å². The highest BCUT2D eigenvalue weighted by atomic mass is 35.5. The predicted octanol–water partition coefficient (Wildman–Crippen LogP) is 5.39. The van der Waals surface area contributed by atoms with Crippen LogP contribution < -0.4 is 11.1 Å². The Balaban J connectivity index is 1.58. The summed E-state index contributed by atoms with van der Waals surface area (Å²) in [6.07, 6.45) is 0. The topological polar surface area (TPSA) is 114 Å². The molecular formula is C22H15ClN4O3S. The zero-order valence-corrected chi connectivity index (χ0v) is 17.7. The smallest absolute Gasteiger partial charge is 0.260 e. The molecule has 0 saturated heterocycles. The van der Waals surface area contributed by atoms with Gasteiger partial charge in [-0.25, -0.2) is 4.98 Å². The lowest BCUT2D eigenvalue weighted by Gasteiger charge is -2.09.